The lowest BCUT2D eigenvalue weighted by Gasteiger charge is -2.23. The van der Waals surface area contributed by atoms with Gasteiger partial charge in [-0.05, 0) is 71.3 Å². The Hall–Kier alpha value is -7.28. The summed E-state index contributed by atoms with van der Waals surface area (Å²) in [5.74, 6) is 1.54. The van der Waals surface area contributed by atoms with E-state index in [1.54, 1.807) is 0 Å². The molecule has 8 aromatic carbocycles. The molecule has 0 aliphatic carbocycles. The number of aromatic nitrogens is 1. The van der Waals surface area contributed by atoms with Crippen molar-refractivity contribution in [2.24, 2.45) is 9.98 Å². The molecule has 11 aromatic rings. The first-order valence-electron chi connectivity index (χ1n) is 19.2. The molecule has 0 bridgehead atoms. The molecule has 0 saturated carbocycles. The van der Waals surface area contributed by atoms with Crippen LogP contribution in [0.15, 0.2) is 196 Å². The van der Waals surface area contributed by atoms with Crippen molar-refractivity contribution in [1.29, 1.82) is 0 Å². The zero-order valence-corrected chi connectivity index (χ0v) is 31.4. The summed E-state index contributed by atoms with van der Waals surface area (Å²) in [6.07, 6.45) is -0.278. The zero-order valence-electron chi connectivity index (χ0n) is 30.6. The van der Waals surface area contributed by atoms with Gasteiger partial charge in [0.1, 0.15) is 23.2 Å². The molecule has 268 valence electrons. The largest absolute Gasteiger partial charge is 0.456 e. The van der Waals surface area contributed by atoms with Gasteiger partial charge in [-0.15, -0.1) is 11.3 Å². The van der Waals surface area contributed by atoms with E-state index >= 15 is 0 Å². The fourth-order valence-corrected chi connectivity index (χ4v) is 9.63. The Morgan fingerprint density at radius 1 is 0.474 bits per heavy atom. The van der Waals surface area contributed by atoms with Crippen molar-refractivity contribution >= 4 is 86.9 Å². The molecule has 0 fully saturated rings. The second kappa shape index (κ2) is 12.6. The van der Waals surface area contributed by atoms with E-state index in [4.69, 9.17) is 14.4 Å². The van der Waals surface area contributed by atoms with Gasteiger partial charge in [-0.2, -0.15) is 0 Å². The van der Waals surface area contributed by atoms with Gasteiger partial charge in [-0.25, -0.2) is 9.98 Å². The third kappa shape index (κ3) is 5.22. The van der Waals surface area contributed by atoms with Crippen LogP contribution >= 0.6 is 11.3 Å². The van der Waals surface area contributed by atoms with Gasteiger partial charge in [0, 0.05) is 64.6 Å². The number of amidine groups is 2. The lowest BCUT2D eigenvalue weighted by atomic mass is 10.0. The van der Waals surface area contributed by atoms with Crippen LogP contribution in [0.1, 0.15) is 22.9 Å². The van der Waals surface area contributed by atoms with Gasteiger partial charge in [0.25, 0.3) is 0 Å². The second-order valence-electron chi connectivity index (χ2n) is 14.6. The van der Waals surface area contributed by atoms with Gasteiger partial charge in [0.05, 0.1) is 11.0 Å². The number of benzene rings is 8. The second-order valence-corrected chi connectivity index (χ2v) is 15.7. The van der Waals surface area contributed by atoms with Crippen molar-refractivity contribution in [3.05, 3.63) is 199 Å². The molecule has 0 spiro atoms. The predicted octanol–water partition coefficient (Wildman–Crippen LogP) is 13.2. The van der Waals surface area contributed by atoms with Crippen LogP contribution in [0.5, 0.6) is 0 Å². The highest BCUT2D eigenvalue weighted by molar-refractivity contribution is 7.25. The summed E-state index contributed by atoms with van der Waals surface area (Å²) >= 11 is 1.82. The smallest absolute Gasteiger partial charge is 0.159 e. The summed E-state index contributed by atoms with van der Waals surface area (Å²) in [5.41, 5.74) is 10.7. The first-order valence-corrected chi connectivity index (χ1v) is 20.0. The van der Waals surface area contributed by atoms with E-state index < -0.39 is 0 Å². The van der Waals surface area contributed by atoms with E-state index in [1.807, 2.05) is 47.7 Å². The normalized spacial score (nSPS) is 14.5. The molecule has 1 N–H and O–H groups in total. The Bertz CT molecular complexity index is 3390. The highest BCUT2D eigenvalue weighted by atomic mass is 32.1. The molecule has 0 amide bonds. The highest BCUT2D eigenvalue weighted by Crippen LogP contribution is 2.40. The molecular weight excluding hydrogens is 717 g/mol. The van der Waals surface area contributed by atoms with Crippen molar-refractivity contribution in [2.75, 3.05) is 0 Å². The standard InChI is InChI=1S/C51H32N4OS/c1-3-11-31(12-4-1)49-52-50(32-13-5-2-6-14-32)54-51(53-49)35-21-26-47-42(27-35)41-24-20-34(29-48(41)57-47)33-19-23-39-40-25-22-36(30-46(40)56-45(39)28-33)55-43-17-9-7-15-37(43)38-16-8-10-18-44(38)55/h1-30,51H,(H,52,53,54). The molecule has 1 aliphatic rings. The minimum atomic E-state index is -0.278. The summed E-state index contributed by atoms with van der Waals surface area (Å²) < 4.78 is 11.5. The van der Waals surface area contributed by atoms with E-state index in [0.717, 1.165) is 67.1 Å². The fourth-order valence-electron chi connectivity index (χ4n) is 8.51. The van der Waals surface area contributed by atoms with Crippen LogP contribution in [0, 0.1) is 0 Å². The van der Waals surface area contributed by atoms with Gasteiger partial charge in [-0.3, -0.25) is 0 Å². The number of furan rings is 1. The molecule has 5 nitrogen and oxygen atoms in total. The first kappa shape index (κ1) is 32.0. The van der Waals surface area contributed by atoms with Crippen molar-refractivity contribution in [3.8, 4) is 16.8 Å². The molecule has 1 unspecified atom stereocenters. The number of aliphatic imine (C=N–C) groups is 2. The van der Waals surface area contributed by atoms with Gasteiger partial charge in [-0.1, -0.05) is 121 Å². The van der Waals surface area contributed by atoms with Crippen molar-refractivity contribution in [1.82, 2.24) is 9.88 Å². The number of hydrogen-bond acceptors (Lipinski definition) is 5. The number of para-hydroxylation sites is 2. The Kier molecular flexibility index (Phi) is 7.09. The molecule has 1 aliphatic heterocycles. The summed E-state index contributed by atoms with van der Waals surface area (Å²) in [4.78, 5) is 10.1. The maximum absolute atomic E-state index is 6.62. The maximum Gasteiger partial charge on any atom is 0.159 e. The number of fused-ring (bicyclic) bond motifs is 9. The van der Waals surface area contributed by atoms with E-state index in [2.05, 4.69) is 155 Å². The average Bonchev–Trinajstić information content (AvgIpc) is 3.95. The SMILES string of the molecule is c1ccc(C2=NC(c3ccc4sc5cc(-c6ccc7c(c6)oc6cc(-n8c9ccccc9c9ccccc98)ccc67)ccc5c4c3)NC(c3ccccc3)=N2)cc1. The maximum atomic E-state index is 6.62. The van der Waals surface area contributed by atoms with Crippen LogP contribution in [0.4, 0.5) is 0 Å². The summed E-state index contributed by atoms with van der Waals surface area (Å²) in [5, 5.41) is 10.8. The van der Waals surface area contributed by atoms with Crippen LogP contribution in [-0.2, 0) is 0 Å². The quantitative estimate of drug-likeness (QED) is 0.191. The first-order chi connectivity index (χ1) is 28.2. The van der Waals surface area contributed by atoms with E-state index in [0.29, 0.717) is 0 Å². The van der Waals surface area contributed by atoms with Gasteiger partial charge in [0.15, 0.2) is 5.84 Å². The van der Waals surface area contributed by atoms with E-state index in [9.17, 15) is 0 Å². The van der Waals surface area contributed by atoms with Crippen LogP contribution in [0.25, 0.3) is 80.7 Å². The Labute approximate surface area is 331 Å². The Morgan fingerprint density at radius 2 is 1.11 bits per heavy atom. The van der Waals surface area contributed by atoms with Crippen molar-refractivity contribution in [2.45, 2.75) is 6.17 Å². The molecule has 6 heteroatoms. The van der Waals surface area contributed by atoms with Gasteiger partial charge < -0.3 is 14.3 Å². The minimum Gasteiger partial charge on any atom is -0.456 e. The summed E-state index contributed by atoms with van der Waals surface area (Å²) in [6, 6.07) is 64.4. The highest BCUT2D eigenvalue weighted by Gasteiger charge is 2.22. The van der Waals surface area contributed by atoms with E-state index in [-0.39, 0.29) is 6.17 Å². The van der Waals surface area contributed by atoms with Gasteiger partial charge in [0.2, 0.25) is 0 Å². The van der Waals surface area contributed by atoms with Crippen LogP contribution in [-0.4, -0.2) is 16.2 Å². The lowest BCUT2D eigenvalue weighted by molar-refractivity contribution is 0.669. The van der Waals surface area contributed by atoms with Crippen LogP contribution in [0.3, 0.4) is 0 Å². The summed E-state index contributed by atoms with van der Waals surface area (Å²) in [6.45, 7) is 0. The zero-order chi connectivity index (χ0) is 37.5. The minimum absolute atomic E-state index is 0.278. The summed E-state index contributed by atoms with van der Waals surface area (Å²) in [7, 11) is 0. The number of thiophene rings is 1. The number of nitrogens with one attached hydrogen (secondary N) is 1. The fraction of sp³-hybridized carbons (Fsp3) is 0.0196. The third-order valence-corrected chi connectivity index (χ3v) is 12.4. The lowest BCUT2D eigenvalue weighted by Crippen LogP contribution is -2.33. The number of hydrogen-bond donors (Lipinski definition) is 1. The monoisotopic (exact) mass is 748 g/mol. The average molecular weight is 749 g/mol. The van der Waals surface area contributed by atoms with E-state index in [1.165, 1.54) is 42.0 Å². The predicted molar refractivity (Wildman–Crippen MR) is 238 cm³/mol. The van der Waals surface area contributed by atoms with Crippen LogP contribution < -0.4 is 5.32 Å². The van der Waals surface area contributed by atoms with Gasteiger partial charge >= 0.3 is 0 Å². The Balaban J connectivity index is 0.898. The molecular formula is C51H32N4OS. The molecule has 12 rings (SSSR count). The molecule has 0 radical (unpaired) electrons. The molecule has 1 atom stereocenters. The third-order valence-electron chi connectivity index (χ3n) is 11.3. The number of rotatable bonds is 5. The number of nitrogens with zero attached hydrogens (tertiary/aromatic N) is 3. The van der Waals surface area contributed by atoms with Crippen molar-refractivity contribution < 1.29 is 4.42 Å². The molecule has 0 saturated heterocycles. The van der Waals surface area contributed by atoms with Crippen molar-refractivity contribution in [3.63, 3.8) is 0 Å². The van der Waals surface area contributed by atoms with Crippen LogP contribution in [0.2, 0.25) is 0 Å². The molecule has 57 heavy (non-hydrogen) atoms. The molecule has 4 heterocycles. The molecule has 3 aromatic heterocycles. The Morgan fingerprint density at radius 3 is 1.86 bits per heavy atom. The topological polar surface area (TPSA) is 54.8 Å².